The maximum Gasteiger partial charge on any atom is 0.343 e. The normalized spacial score (nSPS) is 9.80. The van der Waals surface area contributed by atoms with Crippen molar-refractivity contribution in [3.8, 4) is 5.75 Å². The first-order valence-corrected chi connectivity index (χ1v) is 5.89. The molecule has 0 bridgehead atoms. The fourth-order valence-corrected chi connectivity index (χ4v) is 1.65. The molecule has 0 aliphatic carbocycles. The SMILES string of the molecule is C=Cc1ccc(C(=O)Oc2ccccc2C(=O)O)cc1. The maximum atomic E-state index is 11.9. The van der Waals surface area contributed by atoms with Gasteiger partial charge in [0.2, 0.25) is 0 Å². The molecule has 0 aliphatic heterocycles. The van der Waals surface area contributed by atoms with E-state index in [0.717, 1.165) is 5.56 Å². The molecule has 1 N–H and O–H groups in total. The van der Waals surface area contributed by atoms with Gasteiger partial charge in [0.15, 0.2) is 0 Å². The van der Waals surface area contributed by atoms with E-state index in [9.17, 15) is 9.59 Å². The Labute approximate surface area is 115 Å². The Kier molecular flexibility index (Phi) is 3.96. The van der Waals surface area contributed by atoms with Gasteiger partial charge in [0, 0.05) is 0 Å². The van der Waals surface area contributed by atoms with Crippen molar-refractivity contribution in [1.82, 2.24) is 0 Å². The number of rotatable bonds is 4. The van der Waals surface area contributed by atoms with Crippen molar-refractivity contribution < 1.29 is 19.4 Å². The minimum absolute atomic E-state index is 0.0257. The molecule has 0 unspecified atom stereocenters. The minimum atomic E-state index is -1.14. The lowest BCUT2D eigenvalue weighted by molar-refractivity contribution is 0.0681. The van der Waals surface area contributed by atoms with Gasteiger partial charge in [-0.15, -0.1) is 0 Å². The second-order valence-corrected chi connectivity index (χ2v) is 4.02. The Morgan fingerprint density at radius 1 is 1.05 bits per heavy atom. The predicted octanol–water partition coefficient (Wildman–Crippen LogP) is 3.25. The summed E-state index contributed by atoms with van der Waals surface area (Å²) in [5.74, 6) is -1.72. The third-order valence-corrected chi connectivity index (χ3v) is 2.70. The van der Waals surface area contributed by atoms with Crippen LogP contribution in [0.25, 0.3) is 6.08 Å². The van der Waals surface area contributed by atoms with E-state index in [1.165, 1.54) is 12.1 Å². The highest BCUT2D eigenvalue weighted by molar-refractivity contribution is 5.95. The van der Waals surface area contributed by atoms with E-state index < -0.39 is 11.9 Å². The summed E-state index contributed by atoms with van der Waals surface area (Å²) in [4.78, 5) is 23.0. The number of ether oxygens (including phenoxy) is 1. The molecule has 20 heavy (non-hydrogen) atoms. The molecule has 100 valence electrons. The molecule has 0 radical (unpaired) electrons. The Morgan fingerprint density at radius 3 is 2.30 bits per heavy atom. The quantitative estimate of drug-likeness (QED) is 0.683. The van der Waals surface area contributed by atoms with Crippen LogP contribution in [0.4, 0.5) is 0 Å². The van der Waals surface area contributed by atoms with Crippen molar-refractivity contribution in [2.24, 2.45) is 0 Å². The van der Waals surface area contributed by atoms with Crippen molar-refractivity contribution in [3.05, 3.63) is 71.8 Å². The van der Waals surface area contributed by atoms with Gasteiger partial charge in [0.05, 0.1) is 5.56 Å². The van der Waals surface area contributed by atoms with E-state index in [-0.39, 0.29) is 11.3 Å². The maximum absolute atomic E-state index is 11.9. The molecule has 2 aromatic carbocycles. The Balaban J connectivity index is 2.23. The molecule has 2 rings (SSSR count). The van der Waals surface area contributed by atoms with Crippen molar-refractivity contribution >= 4 is 18.0 Å². The number of esters is 1. The van der Waals surface area contributed by atoms with Gasteiger partial charge in [-0.05, 0) is 29.8 Å². The van der Waals surface area contributed by atoms with Crippen LogP contribution in [0.15, 0.2) is 55.1 Å². The van der Waals surface area contributed by atoms with Crippen LogP contribution in [0.3, 0.4) is 0 Å². The molecular formula is C16H12O4. The van der Waals surface area contributed by atoms with Crippen LogP contribution in [-0.4, -0.2) is 17.0 Å². The third-order valence-electron chi connectivity index (χ3n) is 2.70. The number of carboxylic acid groups (broad SMARTS) is 1. The molecule has 4 heteroatoms. The molecule has 0 aromatic heterocycles. The number of carboxylic acids is 1. The lowest BCUT2D eigenvalue weighted by atomic mass is 10.1. The molecule has 0 fully saturated rings. The average molecular weight is 268 g/mol. The van der Waals surface area contributed by atoms with Crippen LogP contribution in [0.2, 0.25) is 0 Å². The Hall–Kier alpha value is -2.88. The lowest BCUT2D eigenvalue weighted by Gasteiger charge is -2.07. The zero-order valence-electron chi connectivity index (χ0n) is 10.6. The first kappa shape index (κ1) is 13.5. The van der Waals surface area contributed by atoms with Gasteiger partial charge in [-0.2, -0.15) is 0 Å². The summed E-state index contributed by atoms with van der Waals surface area (Å²) in [6.45, 7) is 3.62. The van der Waals surface area contributed by atoms with Crippen molar-refractivity contribution in [2.45, 2.75) is 0 Å². The van der Waals surface area contributed by atoms with E-state index in [1.807, 2.05) is 0 Å². The average Bonchev–Trinajstić information content (AvgIpc) is 2.47. The van der Waals surface area contributed by atoms with Crippen LogP contribution in [0.5, 0.6) is 5.75 Å². The van der Waals surface area contributed by atoms with Crippen LogP contribution in [0, 0.1) is 0 Å². The van der Waals surface area contributed by atoms with Crippen molar-refractivity contribution in [1.29, 1.82) is 0 Å². The Bertz CT molecular complexity index is 656. The number of carbonyl (C=O) groups excluding carboxylic acids is 1. The molecule has 0 amide bonds. The molecular weight excluding hydrogens is 256 g/mol. The first-order valence-electron chi connectivity index (χ1n) is 5.89. The van der Waals surface area contributed by atoms with Gasteiger partial charge < -0.3 is 9.84 Å². The van der Waals surface area contributed by atoms with E-state index in [2.05, 4.69) is 6.58 Å². The summed E-state index contributed by atoms with van der Waals surface area (Å²) in [5.41, 5.74) is 1.17. The van der Waals surface area contributed by atoms with Crippen molar-refractivity contribution in [3.63, 3.8) is 0 Å². The summed E-state index contributed by atoms with van der Waals surface area (Å²) >= 11 is 0. The third kappa shape index (κ3) is 2.92. The van der Waals surface area contributed by atoms with E-state index in [4.69, 9.17) is 9.84 Å². The van der Waals surface area contributed by atoms with Gasteiger partial charge >= 0.3 is 11.9 Å². The summed E-state index contributed by atoms with van der Waals surface area (Å²) in [6.07, 6.45) is 1.66. The highest BCUT2D eigenvalue weighted by atomic mass is 16.5. The Morgan fingerprint density at radius 2 is 1.70 bits per heavy atom. The number of benzene rings is 2. The highest BCUT2D eigenvalue weighted by Gasteiger charge is 2.14. The second kappa shape index (κ2) is 5.84. The van der Waals surface area contributed by atoms with Gasteiger partial charge in [0.1, 0.15) is 11.3 Å². The summed E-state index contributed by atoms with van der Waals surface area (Å²) in [5, 5.41) is 9.02. The smallest absolute Gasteiger partial charge is 0.343 e. The van der Waals surface area contributed by atoms with Gasteiger partial charge in [-0.1, -0.05) is 36.9 Å². The van der Waals surface area contributed by atoms with E-state index in [1.54, 1.807) is 42.5 Å². The van der Waals surface area contributed by atoms with Crippen molar-refractivity contribution in [2.75, 3.05) is 0 Å². The van der Waals surface area contributed by atoms with Crippen LogP contribution < -0.4 is 4.74 Å². The van der Waals surface area contributed by atoms with Gasteiger partial charge in [-0.3, -0.25) is 0 Å². The van der Waals surface area contributed by atoms with Gasteiger partial charge in [0.25, 0.3) is 0 Å². The monoisotopic (exact) mass is 268 g/mol. The molecule has 4 nitrogen and oxygen atoms in total. The summed E-state index contributed by atoms with van der Waals surface area (Å²) in [6, 6.07) is 12.7. The topological polar surface area (TPSA) is 63.6 Å². The zero-order chi connectivity index (χ0) is 14.5. The van der Waals surface area contributed by atoms with E-state index >= 15 is 0 Å². The molecule has 0 heterocycles. The molecule has 0 saturated heterocycles. The largest absolute Gasteiger partial charge is 0.478 e. The highest BCUT2D eigenvalue weighted by Crippen LogP contribution is 2.19. The summed E-state index contributed by atoms with van der Waals surface area (Å²) < 4.78 is 5.12. The number of hydrogen-bond acceptors (Lipinski definition) is 3. The molecule has 0 spiro atoms. The molecule has 0 aliphatic rings. The number of carbonyl (C=O) groups is 2. The molecule has 0 saturated carbocycles. The minimum Gasteiger partial charge on any atom is -0.478 e. The number of aromatic carboxylic acids is 1. The van der Waals surface area contributed by atoms with Crippen LogP contribution in [-0.2, 0) is 0 Å². The predicted molar refractivity (Wildman–Crippen MR) is 74.9 cm³/mol. The fraction of sp³-hybridized carbons (Fsp3) is 0. The zero-order valence-corrected chi connectivity index (χ0v) is 10.6. The van der Waals surface area contributed by atoms with Gasteiger partial charge in [-0.25, -0.2) is 9.59 Å². The fourth-order valence-electron chi connectivity index (χ4n) is 1.65. The van der Waals surface area contributed by atoms with Crippen LogP contribution in [0.1, 0.15) is 26.3 Å². The standard InChI is InChI=1S/C16H12O4/c1-2-11-7-9-12(10-8-11)16(19)20-14-6-4-3-5-13(14)15(17)18/h2-10H,1H2,(H,17,18). The summed E-state index contributed by atoms with van der Waals surface area (Å²) in [7, 11) is 0. The molecule has 2 aromatic rings. The van der Waals surface area contributed by atoms with E-state index in [0.29, 0.717) is 5.56 Å². The number of hydrogen-bond donors (Lipinski definition) is 1. The second-order valence-electron chi connectivity index (χ2n) is 4.02. The molecule has 0 atom stereocenters. The first-order chi connectivity index (χ1) is 9.61. The van der Waals surface area contributed by atoms with Crippen LogP contribution >= 0.6 is 0 Å². The number of para-hydroxylation sites is 1. The lowest BCUT2D eigenvalue weighted by Crippen LogP contribution is -2.11.